The van der Waals surface area contributed by atoms with Gasteiger partial charge >= 0.3 is 0 Å². The first kappa shape index (κ1) is 16.6. The Morgan fingerprint density at radius 2 is 1.90 bits per heavy atom. The molecule has 3 aliphatic rings. The van der Waals surface area contributed by atoms with Gasteiger partial charge in [-0.3, -0.25) is 4.79 Å². The molecule has 1 saturated heterocycles. The predicted octanol–water partition coefficient (Wildman–Crippen LogP) is 3.96. The molecule has 1 aromatic heterocycles. The van der Waals surface area contributed by atoms with Gasteiger partial charge in [-0.15, -0.1) is 0 Å². The van der Waals surface area contributed by atoms with Crippen molar-refractivity contribution in [1.29, 1.82) is 0 Å². The molecule has 0 atom stereocenters. The van der Waals surface area contributed by atoms with Crippen LogP contribution in [0.15, 0.2) is 34.9 Å². The van der Waals surface area contributed by atoms with Gasteiger partial charge in [0.15, 0.2) is 17.1 Å². The highest BCUT2D eigenvalue weighted by molar-refractivity contribution is 6.29. The molecule has 6 rings (SSSR count). The van der Waals surface area contributed by atoms with Gasteiger partial charge in [-0.05, 0) is 54.3 Å². The van der Waals surface area contributed by atoms with Gasteiger partial charge in [0.1, 0.15) is 5.82 Å². The maximum Gasteiger partial charge on any atom is 0.254 e. The Kier molecular flexibility index (Phi) is 3.47. The van der Waals surface area contributed by atoms with Crippen LogP contribution in [0, 0.1) is 5.82 Å². The van der Waals surface area contributed by atoms with Crippen LogP contribution in [0.4, 0.5) is 4.39 Å². The Hall–Kier alpha value is -3.35. The number of ether oxygens (including phenoxy) is 2. The molecule has 146 valence electrons. The number of piperidine rings is 1. The lowest BCUT2D eigenvalue weighted by Gasteiger charge is -2.33. The quantitative estimate of drug-likeness (QED) is 0.661. The smallest absolute Gasteiger partial charge is 0.254 e. The second kappa shape index (κ2) is 6.07. The summed E-state index contributed by atoms with van der Waals surface area (Å²) in [5.74, 6) is 1.32. The van der Waals surface area contributed by atoms with E-state index in [0.29, 0.717) is 24.4 Å². The summed E-state index contributed by atoms with van der Waals surface area (Å²) in [7, 11) is 0. The monoisotopic (exact) mass is 392 g/mol. The van der Waals surface area contributed by atoms with E-state index in [0.717, 1.165) is 46.4 Å². The highest BCUT2D eigenvalue weighted by Crippen LogP contribution is 2.44. The summed E-state index contributed by atoms with van der Waals surface area (Å²) in [5, 5.41) is 5.02. The maximum atomic E-state index is 13.4. The van der Waals surface area contributed by atoms with E-state index in [1.807, 2.05) is 23.1 Å². The summed E-state index contributed by atoms with van der Waals surface area (Å²) in [4.78, 5) is 14.9. The van der Waals surface area contributed by atoms with Gasteiger partial charge in [0.2, 0.25) is 6.79 Å². The molecule has 2 aromatic carbocycles. The number of hydrogen-bond acceptors (Lipinski definition) is 5. The van der Waals surface area contributed by atoms with Crippen molar-refractivity contribution in [3.05, 3.63) is 53.0 Å². The number of hydrogen-bond donors (Lipinski definition) is 0. The Morgan fingerprint density at radius 3 is 2.72 bits per heavy atom. The van der Waals surface area contributed by atoms with Crippen molar-refractivity contribution >= 4 is 28.5 Å². The van der Waals surface area contributed by atoms with Crippen LogP contribution in [0.25, 0.3) is 22.6 Å². The molecule has 0 bridgehead atoms. The molecular weight excluding hydrogens is 375 g/mol. The summed E-state index contributed by atoms with van der Waals surface area (Å²) in [5.41, 5.74) is 3.97. The van der Waals surface area contributed by atoms with Crippen molar-refractivity contribution in [2.75, 3.05) is 19.9 Å². The molecule has 3 heterocycles. The van der Waals surface area contributed by atoms with Crippen LogP contribution in [0.5, 0.6) is 11.5 Å². The number of amides is 1. The molecular formula is C22H17FN2O4. The molecule has 0 spiro atoms. The predicted molar refractivity (Wildman–Crippen MR) is 103 cm³/mol. The fraction of sp³-hybridized carbons (Fsp3) is 0.273. The number of carbonyl (C=O) groups excluding carboxylic acids is 1. The SMILES string of the molecule is O=C(C1=Cc2cc3c(cc21)OCO3)N1CCC(c2noc3cc(F)ccc23)CC1. The van der Waals surface area contributed by atoms with E-state index < -0.39 is 0 Å². The van der Waals surface area contributed by atoms with E-state index in [1.54, 1.807) is 6.07 Å². The van der Waals surface area contributed by atoms with Crippen molar-refractivity contribution in [1.82, 2.24) is 10.1 Å². The number of rotatable bonds is 2. The van der Waals surface area contributed by atoms with Crippen LogP contribution < -0.4 is 9.47 Å². The van der Waals surface area contributed by atoms with Gasteiger partial charge in [0.05, 0.1) is 5.69 Å². The van der Waals surface area contributed by atoms with E-state index in [4.69, 9.17) is 14.0 Å². The average molecular weight is 392 g/mol. The number of likely N-dealkylation sites (tertiary alicyclic amines) is 1. The Bertz CT molecular complexity index is 1190. The van der Waals surface area contributed by atoms with Crippen LogP contribution in [0.2, 0.25) is 0 Å². The lowest BCUT2D eigenvalue weighted by Crippen LogP contribution is -2.39. The van der Waals surface area contributed by atoms with Crippen LogP contribution >= 0.6 is 0 Å². The zero-order chi connectivity index (χ0) is 19.5. The van der Waals surface area contributed by atoms with Gasteiger partial charge in [0.25, 0.3) is 5.91 Å². The highest BCUT2D eigenvalue weighted by atomic mass is 19.1. The molecule has 1 aliphatic carbocycles. The van der Waals surface area contributed by atoms with E-state index in [1.165, 1.54) is 12.1 Å². The molecule has 1 amide bonds. The van der Waals surface area contributed by atoms with Crippen molar-refractivity contribution in [2.24, 2.45) is 0 Å². The summed E-state index contributed by atoms with van der Waals surface area (Å²) in [6.07, 6.45) is 3.50. The third kappa shape index (κ3) is 2.53. The molecule has 7 heteroatoms. The maximum absolute atomic E-state index is 13.4. The van der Waals surface area contributed by atoms with Gasteiger partial charge in [-0.25, -0.2) is 4.39 Å². The summed E-state index contributed by atoms with van der Waals surface area (Å²) in [6.45, 7) is 1.52. The van der Waals surface area contributed by atoms with E-state index in [9.17, 15) is 9.18 Å². The Morgan fingerprint density at radius 1 is 1.10 bits per heavy atom. The van der Waals surface area contributed by atoms with Gasteiger partial charge in [-0.1, -0.05) is 5.16 Å². The number of aromatic nitrogens is 1. The first-order chi connectivity index (χ1) is 14.2. The fourth-order valence-corrected chi connectivity index (χ4v) is 4.39. The van der Waals surface area contributed by atoms with E-state index in [-0.39, 0.29) is 24.4 Å². The van der Waals surface area contributed by atoms with Crippen molar-refractivity contribution in [3.8, 4) is 11.5 Å². The van der Waals surface area contributed by atoms with Gasteiger partial charge in [0, 0.05) is 36.0 Å². The minimum Gasteiger partial charge on any atom is -0.454 e. The summed E-state index contributed by atoms with van der Waals surface area (Å²) < 4.78 is 29.5. The third-order valence-electron chi connectivity index (χ3n) is 6.00. The number of carbonyl (C=O) groups is 1. The largest absolute Gasteiger partial charge is 0.454 e. The van der Waals surface area contributed by atoms with Crippen molar-refractivity contribution in [3.63, 3.8) is 0 Å². The molecule has 6 nitrogen and oxygen atoms in total. The summed E-state index contributed by atoms with van der Waals surface area (Å²) in [6, 6.07) is 8.30. The number of nitrogens with zero attached hydrogens (tertiary/aromatic N) is 2. The van der Waals surface area contributed by atoms with E-state index in [2.05, 4.69) is 5.16 Å². The zero-order valence-corrected chi connectivity index (χ0v) is 15.5. The van der Waals surface area contributed by atoms with Crippen LogP contribution in [0.3, 0.4) is 0 Å². The lowest BCUT2D eigenvalue weighted by atomic mass is 9.86. The van der Waals surface area contributed by atoms with Gasteiger partial charge < -0.3 is 18.9 Å². The zero-order valence-electron chi connectivity index (χ0n) is 15.5. The molecule has 0 unspecified atom stereocenters. The fourth-order valence-electron chi connectivity index (χ4n) is 4.39. The van der Waals surface area contributed by atoms with Crippen molar-refractivity contribution in [2.45, 2.75) is 18.8 Å². The first-order valence-corrected chi connectivity index (χ1v) is 9.67. The highest BCUT2D eigenvalue weighted by Gasteiger charge is 2.33. The molecule has 3 aromatic rings. The topological polar surface area (TPSA) is 64.8 Å². The van der Waals surface area contributed by atoms with Crippen LogP contribution in [-0.2, 0) is 4.79 Å². The Balaban J connectivity index is 1.17. The Labute approximate surface area is 165 Å². The average Bonchev–Trinajstić information content (AvgIpc) is 3.35. The minimum absolute atomic E-state index is 0.0434. The molecule has 29 heavy (non-hydrogen) atoms. The van der Waals surface area contributed by atoms with Crippen LogP contribution in [0.1, 0.15) is 35.6 Å². The number of halogens is 1. The first-order valence-electron chi connectivity index (χ1n) is 9.67. The normalized spacial score (nSPS) is 17.8. The van der Waals surface area contributed by atoms with Gasteiger partial charge in [-0.2, -0.15) is 0 Å². The van der Waals surface area contributed by atoms with Crippen molar-refractivity contribution < 1.29 is 23.2 Å². The molecule has 0 radical (unpaired) electrons. The summed E-state index contributed by atoms with van der Waals surface area (Å²) >= 11 is 0. The molecule has 0 saturated carbocycles. The van der Waals surface area contributed by atoms with E-state index >= 15 is 0 Å². The second-order valence-corrected chi connectivity index (χ2v) is 7.63. The standard InChI is InChI=1S/C22H17FN2O4/c23-14-1-2-15-18(9-14)29-24-21(15)12-3-5-25(6-4-12)22(26)17-7-13-8-19-20(10-16(13)17)28-11-27-19/h1-2,7-10,12H,3-6,11H2. The number of fused-ring (bicyclic) bond motifs is 3. The second-order valence-electron chi connectivity index (χ2n) is 7.63. The molecule has 2 aliphatic heterocycles. The molecule has 1 fully saturated rings. The van der Waals surface area contributed by atoms with Crippen LogP contribution in [-0.4, -0.2) is 35.8 Å². The number of benzene rings is 2. The molecule has 0 N–H and O–H groups in total. The third-order valence-corrected chi connectivity index (χ3v) is 6.00. The minimum atomic E-state index is -0.336. The lowest BCUT2D eigenvalue weighted by molar-refractivity contribution is -0.126.